The van der Waals surface area contributed by atoms with Gasteiger partial charge >= 0.3 is 0 Å². The van der Waals surface area contributed by atoms with E-state index >= 15 is 0 Å². The summed E-state index contributed by atoms with van der Waals surface area (Å²) in [6, 6.07) is 6.05. The van der Waals surface area contributed by atoms with Gasteiger partial charge in [-0.3, -0.25) is 4.98 Å². The predicted octanol–water partition coefficient (Wildman–Crippen LogP) is 3.88. The Bertz CT molecular complexity index is 467. The van der Waals surface area contributed by atoms with Crippen molar-refractivity contribution in [1.82, 2.24) is 9.40 Å². The van der Waals surface area contributed by atoms with Crippen LogP contribution in [0, 0.1) is 0 Å². The number of rotatable bonds is 4. The fraction of sp³-hybridized carbons (Fsp3) is 0.308. The fourth-order valence-electron chi connectivity index (χ4n) is 1.85. The van der Waals surface area contributed by atoms with Crippen molar-refractivity contribution < 1.29 is 4.42 Å². The first-order chi connectivity index (χ1) is 8.22. The summed E-state index contributed by atoms with van der Waals surface area (Å²) in [5.41, 5.74) is 2.15. The second-order valence-corrected chi connectivity index (χ2v) is 4.46. The van der Waals surface area contributed by atoms with Gasteiger partial charge in [-0.1, -0.05) is 6.92 Å². The van der Waals surface area contributed by atoms with Gasteiger partial charge in [-0.2, -0.15) is 0 Å². The minimum atomic E-state index is 0.104. The zero-order chi connectivity index (χ0) is 12.3. The smallest absolute Gasteiger partial charge is 0.122 e. The Labute approximate surface area is 106 Å². The average Bonchev–Trinajstić information content (AvgIpc) is 2.80. The number of nitrogens with zero attached hydrogens (tertiary/aromatic N) is 2. The molecule has 0 saturated heterocycles. The van der Waals surface area contributed by atoms with Crippen molar-refractivity contribution in [2.24, 2.45) is 0 Å². The first-order valence-corrected chi connectivity index (χ1v) is 5.93. The number of furan rings is 1. The van der Waals surface area contributed by atoms with Crippen molar-refractivity contribution in [3.63, 3.8) is 0 Å². The van der Waals surface area contributed by atoms with Crippen molar-refractivity contribution in [3.05, 3.63) is 42.6 Å². The number of hydrogen-bond acceptors (Lipinski definition) is 3. The molecule has 0 aliphatic heterocycles. The van der Waals surface area contributed by atoms with Crippen LogP contribution in [0.5, 0.6) is 0 Å². The monoisotopic (exact) mass is 250 g/mol. The number of hydrogen-bond donors (Lipinski definition) is 0. The largest absolute Gasteiger partial charge is 0.467 e. The summed E-state index contributed by atoms with van der Waals surface area (Å²) in [6.45, 7) is 2.08. The summed E-state index contributed by atoms with van der Waals surface area (Å²) in [6.07, 6.45) is 6.21. The van der Waals surface area contributed by atoms with Crippen LogP contribution in [-0.2, 0) is 0 Å². The SMILES string of the molecule is CCC(c1cc(-c2ccncc2)co1)N(C)Cl. The highest BCUT2D eigenvalue weighted by molar-refractivity contribution is 6.13. The van der Waals surface area contributed by atoms with E-state index in [2.05, 4.69) is 11.9 Å². The van der Waals surface area contributed by atoms with E-state index in [4.69, 9.17) is 16.2 Å². The van der Waals surface area contributed by atoms with E-state index in [0.717, 1.165) is 23.3 Å². The summed E-state index contributed by atoms with van der Waals surface area (Å²) in [5, 5.41) is 0. The van der Waals surface area contributed by atoms with Gasteiger partial charge in [-0.05, 0) is 42.0 Å². The molecule has 2 aromatic heterocycles. The lowest BCUT2D eigenvalue weighted by molar-refractivity contribution is 0.327. The molecule has 0 spiro atoms. The van der Waals surface area contributed by atoms with Crippen molar-refractivity contribution in [1.29, 1.82) is 0 Å². The summed E-state index contributed by atoms with van der Waals surface area (Å²) in [5.74, 6) is 0.886. The predicted molar refractivity (Wildman–Crippen MR) is 68.6 cm³/mol. The maximum absolute atomic E-state index is 6.00. The standard InChI is InChI=1S/C13H15ClN2O/c1-3-12(16(2)14)13-8-11(9-17-13)10-4-6-15-7-5-10/h4-9,12H,3H2,1-2H3. The summed E-state index contributed by atoms with van der Waals surface area (Å²) in [4.78, 5) is 4.00. The topological polar surface area (TPSA) is 29.3 Å². The van der Waals surface area contributed by atoms with Crippen molar-refractivity contribution in [2.45, 2.75) is 19.4 Å². The van der Waals surface area contributed by atoms with E-state index in [9.17, 15) is 0 Å². The Morgan fingerprint density at radius 2 is 2.06 bits per heavy atom. The Balaban J connectivity index is 2.27. The molecule has 0 radical (unpaired) electrons. The minimum absolute atomic E-state index is 0.104. The molecule has 2 rings (SSSR count). The molecule has 0 amide bonds. The highest BCUT2D eigenvalue weighted by Crippen LogP contribution is 2.29. The zero-order valence-electron chi connectivity index (χ0n) is 9.93. The van der Waals surface area contributed by atoms with Crippen molar-refractivity contribution in [2.75, 3.05) is 7.05 Å². The van der Waals surface area contributed by atoms with Crippen LogP contribution < -0.4 is 0 Å². The molecule has 90 valence electrons. The van der Waals surface area contributed by atoms with E-state index < -0.39 is 0 Å². The van der Waals surface area contributed by atoms with Crippen LogP contribution in [-0.4, -0.2) is 16.5 Å². The molecule has 1 unspecified atom stereocenters. The molecule has 17 heavy (non-hydrogen) atoms. The molecule has 2 aromatic rings. The quantitative estimate of drug-likeness (QED) is 0.772. The van der Waals surface area contributed by atoms with Crippen molar-refractivity contribution in [3.8, 4) is 11.1 Å². The second-order valence-electron chi connectivity index (χ2n) is 3.92. The number of aromatic nitrogens is 1. The van der Waals surface area contributed by atoms with Gasteiger partial charge in [-0.15, -0.1) is 0 Å². The normalized spacial score (nSPS) is 12.9. The first kappa shape index (κ1) is 12.1. The summed E-state index contributed by atoms with van der Waals surface area (Å²) < 4.78 is 7.23. The molecule has 4 heteroatoms. The van der Waals surface area contributed by atoms with E-state index in [1.807, 2.05) is 25.2 Å². The molecule has 1 atom stereocenters. The second kappa shape index (κ2) is 5.34. The van der Waals surface area contributed by atoms with Gasteiger partial charge < -0.3 is 4.42 Å². The van der Waals surface area contributed by atoms with Crippen LogP contribution in [0.25, 0.3) is 11.1 Å². The van der Waals surface area contributed by atoms with Crippen LogP contribution >= 0.6 is 11.8 Å². The van der Waals surface area contributed by atoms with Gasteiger partial charge in [0, 0.05) is 25.0 Å². The molecule has 0 saturated carbocycles. The molecular formula is C13H15ClN2O. The Morgan fingerprint density at radius 1 is 1.35 bits per heavy atom. The van der Waals surface area contributed by atoms with Crippen LogP contribution in [0.1, 0.15) is 25.1 Å². The van der Waals surface area contributed by atoms with Gasteiger partial charge in [0.05, 0.1) is 12.3 Å². The maximum atomic E-state index is 6.00. The molecule has 0 bridgehead atoms. The average molecular weight is 251 g/mol. The van der Waals surface area contributed by atoms with Gasteiger partial charge in [0.25, 0.3) is 0 Å². The van der Waals surface area contributed by atoms with Gasteiger partial charge in [0.15, 0.2) is 0 Å². The minimum Gasteiger partial charge on any atom is -0.467 e. The lowest BCUT2D eigenvalue weighted by Gasteiger charge is -2.17. The molecule has 0 aliphatic rings. The lowest BCUT2D eigenvalue weighted by Crippen LogP contribution is -2.12. The molecule has 0 N–H and O–H groups in total. The fourth-order valence-corrected chi connectivity index (χ4v) is 2.09. The molecule has 0 aliphatic carbocycles. The van der Waals surface area contributed by atoms with Crippen LogP contribution in [0.2, 0.25) is 0 Å². The van der Waals surface area contributed by atoms with E-state index in [1.165, 1.54) is 0 Å². The van der Waals surface area contributed by atoms with Gasteiger partial charge in [0.1, 0.15) is 5.76 Å². The Hall–Kier alpha value is -1.32. The molecule has 0 aromatic carbocycles. The third-order valence-electron chi connectivity index (χ3n) is 2.78. The van der Waals surface area contributed by atoms with Crippen LogP contribution in [0.3, 0.4) is 0 Å². The summed E-state index contributed by atoms with van der Waals surface area (Å²) in [7, 11) is 1.84. The third kappa shape index (κ3) is 2.68. The Kier molecular flexibility index (Phi) is 3.82. The Morgan fingerprint density at radius 3 is 2.65 bits per heavy atom. The lowest BCUT2D eigenvalue weighted by atomic mass is 10.1. The van der Waals surface area contributed by atoms with Gasteiger partial charge in [0.2, 0.25) is 0 Å². The number of pyridine rings is 1. The highest BCUT2D eigenvalue weighted by atomic mass is 35.5. The van der Waals surface area contributed by atoms with Crippen molar-refractivity contribution >= 4 is 11.8 Å². The third-order valence-corrected chi connectivity index (χ3v) is 3.01. The summed E-state index contributed by atoms with van der Waals surface area (Å²) >= 11 is 6.00. The molecule has 3 nitrogen and oxygen atoms in total. The van der Waals surface area contributed by atoms with E-state index in [1.54, 1.807) is 23.1 Å². The molecule has 0 fully saturated rings. The zero-order valence-corrected chi connectivity index (χ0v) is 10.7. The van der Waals surface area contributed by atoms with E-state index in [-0.39, 0.29) is 6.04 Å². The first-order valence-electron chi connectivity index (χ1n) is 5.59. The molecule has 2 heterocycles. The van der Waals surface area contributed by atoms with Gasteiger partial charge in [-0.25, -0.2) is 4.42 Å². The molecular weight excluding hydrogens is 236 g/mol. The van der Waals surface area contributed by atoms with E-state index in [0.29, 0.717) is 0 Å². The van der Waals surface area contributed by atoms with Crippen LogP contribution in [0.4, 0.5) is 0 Å². The van der Waals surface area contributed by atoms with Crippen LogP contribution in [0.15, 0.2) is 41.3 Å². The number of halogens is 1. The highest BCUT2D eigenvalue weighted by Gasteiger charge is 2.17. The maximum Gasteiger partial charge on any atom is 0.122 e.